The highest BCUT2D eigenvalue weighted by atomic mass is 35.5. The quantitative estimate of drug-likeness (QED) is 0.888. The molecule has 2 rings (SSSR count). The molecule has 0 aliphatic heterocycles. The van der Waals surface area contributed by atoms with Crippen LogP contribution >= 0.6 is 23.2 Å². The molecule has 2 aromatic rings. The average Bonchev–Trinajstić information content (AvgIpc) is 2.27. The normalized spacial score (nSPS) is 10.1. The molecule has 0 amide bonds. The summed E-state index contributed by atoms with van der Waals surface area (Å²) < 4.78 is 5.51. The maximum Gasteiger partial charge on any atom is 0.147 e. The number of benzene rings is 1. The SMILES string of the molecule is Nc1ccc(Oc2cc(Cl)ccc2Cl)cn1. The van der Waals surface area contributed by atoms with Crippen molar-refractivity contribution < 1.29 is 4.74 Å². The van der Waals surface area contributed by atoms with Crippen LogP contribution in [0.5, 0.6) is 11.5 Å². The number of rotatable bonds is 2. The van der Waals surface area contributed by atoms with Crippen molar-refractivity contribution in [2.24, 2.45) is 0 Å². The molecule has 0 aliphatic carbocycles. The van der Waals surface area contributed by atoms with Crippen molar-refractivity contribution in [3.05, 3.63) is 46.6 Å². The number of anilines is 1. The highest BCUT2D eigenvalue weighted by molar-refractivity contribution is 6.34. The molecule has 0 saturated carbocycles. The van der Waals surface area contributed by atoms with Crippen LogP contribution in [0.1, 0.15) is 0 Å². The zero-order valence-corrected chi connectivity index (χ0v) is 9.66. The molecule has 16 heavy (non-hydrogen) atoms. The Morgan fingerprint density at radius 1 is 1.12 bits per heavy atom. The van der Waals surface area contributed by atoms with Crippen molar-refractivity contribution in [1.29, 1.82) is 0 Å². The first-order valence-electron chi connectivity index (χ1n) is 4.49. The molecule has 0 saturated heterocycles. The standard InChI is InChI=1S/C11H8Cl2N2O/c12-7-1-3-9(13)10(5-7)16-8-2-4-11(14)15-6-8/h1-6H,(H2,14,15). The summed E-state index contributed by atoms with van der Waals surface area (Å²) in [5.74, 6) is 1.48. The molecule has 0 fully saturated rings. The van der Waals surface area contributed by atoms with E-state index in [4.69, 9.17) is 33.7 Å². The molecule has 1 aromatic heterocycles. The number of aromatic nitrogens is 1. The number of hydrogen-bond acceptors (Lipinski definition) is 3. The van der Waals surface area contributed by atoms with Gasteiger partial charge in [0.2, 0.25) is 0 Å². The zero-order valence-electron chi connectivity index (χ0n) is 8.15. The molecular weight excluding hydrogens is 247 g/mol. The van der Waals surface area contributed by atoms with Gasteiger partial charge >= 0.3 is 0 Å². The molecule has 1 aromatic carbocycles. The first kappa shape index (κ1) is 11.0. The number of nitrogen functional groups attached to an aromatic ring is 1. The smallest absolute Gasteiger partial charge is 0.147 e. The lowest BCUT2D eigenvalue weighted by atomic mass is 10.3. The molecule has 5 heteroatoms. The number of ether oxygens (including phenoxy) is 1. The fraction of sp³-hybridized carbons (Fsp3) is 0. The van der Waals surface area contributed by atoms with Gasteiger partial charge in [0, 0.05) is 11.1 Å². The molecule has 3 nitrogen and oxygen atoms in total. The molecule has 0 radical (unpaired) electrons. The van der Waals surface area contributed by atoms with Crippen molar-refractivity contribution in [3.63, 3.8) is 0 Å². The first-order chi connectivity index (χ1) is 7.65. The van der Waals surface area contributed by atoms with Gasteiger partial charge in [0.25, 0.3) is 0 Å². The maximum atomic E-state index is 5.95. The lowest BCUT2D eigenvalue weighted by molar-refractivity contribution is 0.481. The van der Waals surface area contributed by atoms with Crippen LogP contribution < -0.4 is 10.5 Å². The van der Waals surface area contributed by atoms with E-state index in [0.29, 0.717) is 27.4 Å². The van der Waals surface area contributed by atoms with Gasteiger partial charge in [-0.1, -0.05) is 23.2 Å². The molecule has 0 unspecified atom stereocenters. The summed E-state index contributed by atoms with van der Waals surface area (Å²) in [5.41, 5.74) is 5.46. The fourth-order valence-corrected chi connectivity index (χ4v) is 1.45. The van der Waals surface area contributed by atoms with Crippen LogP contribution in [0, 0.1) is 0 Å². The second kappa shape index (κ2) is 4.60. The van der Waals surface area contributed by atoms with Crippen LogP contribution in [0.2, 0.25) is 10.0 Å². The number of halogens is 2. The van der Waals surface area contributed by atoms with Gasteiger partial charge in [0.15, 0.2) is 0 Å². The zero-order chi connectivity index (χ0) is 11.5. The minimum atomic E-state index is 0.435. The van der Waals surface area contributed by atoms with Crippen LogP contribution in [0.4, 0.5) is 5.82 Å². The van der Waals surface area contributed by atoms with E-state index in [2.05, 4.69) is 4.98 Å². The Labute approximate surface area is 103 Å². The van der Waals surface area contributed by atoms with Crippen molar-refractivity contribution >= 4 is 29.0 Å². The highest BCUT2D eigenvalue weighted by Crippen LogP contribution is 2.31. The number of hydrogen-bond donors (Lipinski definition) is 1. The second-order valence-electron chi connectivity index (χ2n) is 3.10. The maximum absolute atomic E-state index is 5.95. The predicted molar refractivity (Wildman–Crippen MR) is 65.2 cm³/mol. The Morgan fingerprint density at radius 2 is 1.94 bits per heavy atom. The highest BCUT2D eigenvalue weighted by Gasteiger charge is 2.04. The summed E-state index contributed by atoms with van der Waals surface area (Å²) in [6.07, 6.45) is 1.52. The average molecular weight is 255 g/mol. The topological polar surface area (TPSA) is 48.1 Å². The van der Waals surface area contributed by atoms with E-state index in [1.54, 1.807) is 30.3 Å². The number of nitrogens with zero attached hydrogens (tertiary/aromatic N) is 1. The predicted octanol–water partition coefficient (Wildman–Crippen LogP) is 3.76. The Morgan fingerprint density at radius 3 is 2.62 bits per heavy atom. The van der Waals surface area contributed by atoms with Gasteiger partial charge in [-0.2, -0.15) is 0 Å². The van der Waals surface area contributed by atoms with E-state index < -0.39 is 0 Å². The van der Waals surface area contributed by atoms with Gasteiger partial charge < -0.3 is 10.5 Å². The molecule has 0 aliphatic rings. The molecular formula is C11H8Cl2N2O. The summed E-state index contributed by atoms with van der Waals surface area (Å²) in [6, 6.07) is 8.36. The lowest BCUT2D eigenvalue weighted by Gasteiger charge is -2.07. The Hall–Kier alpha value is -1.45. The van der Waals surface area contributed by atoms with E-state index in [0.717, 1.165) is 0 Å². The third kappa shape index (κ3) is 2.56. The van der Waals surface area contributed by atoms with Gasteiger partial charge in [0.05, 0.1) is 11.2 Å². The minimum Gasteiger partial charge on any atom is -0.454 e. The molecule has 0 atom stereocenters. The molecule has 2 N–H and O–H groups in total. The van der Waals surface area contributed by atoms with E-state index in [1.165, 1.54) is 6.20 Å². The van der Waals surface area contributed by atoms with Crippen molar-refractivity contribution in [2.75, 3.05) is 5.73 Å². The molecule has 82 valence electrons. The van der Waals surface area contributed by atoms with Crippen molar-refractivity contribution in [3.8, 4) is 11.5 Å². The van der Waals surface area contributed by atoms with Crippen LogP contribution in [-0.4, -0.2) is 4.98 Å². The van der Waals surface area contributed by atoms with Gasteiger partial charge in [-0.05, 0) is 24.3 Å². The fourth-order valence-electron chi connectivity index (χ4n) is 1.13. The van der Waals surface area contributed by atoms with E-state index >= 15 is 0 Å². The van der Waals surface area contributed by atoms with E-state index in [-0.39, 0.29) is 0 Å². The minimum absolute atomic E-state index is 0.435. The number of nitrogens with two attached hydrogens (primary N) is 1. The Balaban J connectivity index is 2.26. The number of pyridine rings is 1. The van der Waals surface area contributed by atoms with Gasteiger partial charge in [-0.15, -0.1) is 0 Å². The summed E-state index contributed by atoms with van der Waals surface area (Å²) in [7, 11) is 0. The molecule has 1 heterocycles. The van der Waals surface area contributed by atoms with Gasteiger partial charge in [0.1, 0.15) is 17.3 Å². The third-order valence-corrected chi connectivity index (χ3v) is 2.43. The monoisotopic (exact) mass is 254 g/mol. The van der Waals surface area contributed by atoms with Crippen LogP contribution in [0.3, 0.4) is 0 Å². The Kier molecular flexibility index (Phi) is 3.17. The van der Waals surface area contributed by atoms with Crippen molar-refractivity contribution in [2.45, 2.75) is 0 Å². The molecule has 0 spiro atoms. The van der Waals surface area contributed by atoms with Crippen LogP contribution in [0.15, 0.2) is 36.5 Å². The summed E-state index contributed by atoms with van der Waals surface area (Å²) in [4.78, 5) is 3.90. The summed E-state index contributed by atoms with van der Waals surface area (Å²) >= 11 is 11.8. The second-order valence-corrected chi connectivity index (χ2v) is 3.94. The van der Waals surface area contributed by atoms with Crippen LogP contribution in [-0.2, 0) is 0 Å². The van der Waals surface area contributed by atoms with E-state index in [9.17, 15) is 0 Å². The van der Waals surface area contributed by atoms with Crippen molar-refractivity contribution in [1.82, 2.24) is 4.98 Å². The largest absolute Gasteiger partial charge is 0.454 e. The Bertz CT molecular complexity index is 500. The third-order valence-electron chi connectivity index (χ3n) is 1.88. The van der Waals surface area contributed by atoms with Gasteiger partial charge in [-0.25, -0.2) is 4.98 Å². The van der Waals surface area contributed by atoms with E-state index in [1.807, 2.05) is 0 Å². The molecule has 0 bridgehead atoms. The van der Waals surface area contributed by atoms with Gasteiger partial charge in [-0.3, -0.25) is 0 Å². The van der Waals surface area contributed by atoms with Crippen LogP contribution in [0.25, 0.3) is 0 Å². The summed E-state index contributed by atoms with van der Waals surface area (Å²) in [6.45, 7) is 0. The lowest BCUT2D eigenvalue weighted by Crippen LogP contribution is -1.90. The summed E-state index contributed by atoms with van der Waals surface area (Å²) in [5, 5.41) is 1.05. The first-order valence-corrected chi connectivity index (χ1v) is 5.25.